The van der Waals surface area contributed by atoms with Crippen molar-refractivity contribution in [2.45, 2.75) is 46.8 Å². The Hall–Kier alpha value is -1.75. The highest BCUT2D eigenvalue weighted by Gasteiger charge is 2.10. The fraction of sp³-hybridized carbons (Fsp3) is 0.588. The Balaban J connectivity index is 2.41. The molecule has 0 heterocycles. The van der Waals surface area contributed by atoms with Gasteiger partial charge in [-0.25, -0.2) is 4.79 Å². The molecule has 0 aliphatic rings. The molecular weight excluding hydrogens is 280 g/mol. The monoisotopic (exact) mass is 308 g/mol. The first-order valence-electron chi connectivity index (χ1n) is 7.86. The van der Waals surface area contributed by atoms with Gasteiger partial charge in [-0.1, -0.05) is 26.0 Å². The average molecular weight is 308 g/mol. The molecule has 1 unspecified atom stereocenters. The normalized spacial score (nSPS) is 12.1. The summed E-state index contributed by atoms with van der Waals surface area (Å²) in [6.45, 7) is 9.31. The molecule has 0 saturated heterocycles. The first kappa shape index (κ1) is 18.3. The highest BCUT2D eigenvalue weighted by molar-refractivity contribution is 5.73. The minimum Gasteiger partial charge on any atom is -0.494 e. The van der Waals surface area contributed by atoms with E-state index in [1.165, 1.54) is 0 Å². The van der Waals surface area contributed by atoms with Crippen LogP contribution in [0.5, 0.6) is 5.75 Å². The third-order valence-electron chi connectivity index (χ3n) is 3.46. The van der Waals surface area contributed by atoms with E-state index in [9.17, 15) is 9.90 Å². The molecule has 124 valence electrons. The molecule has 1 rings (SSSR count). The summed E-state index contributed by atoms with van der Waals surface area (Å²) in [6, 6.07) is 5.69. The fourth-order valence-electron chi connectivity index (χ4n) is 2.00. The summed E-state index contributed by atoms with van der Waals surface area (Å²) >= 11 is 0. The first-order chi connectivity index (χ1) is 10.4. The second-order valence-corrected chi connectivity index (χ2v) is 5.75. The molecule has 22 heavy (non-hydrogen) atoms. The molecular formula is C17H28N2O3. The summed E-state index contributed by atoms with van der Waals surface area (Å²) < 4.78 is 5.58. The van der Waals surface area contributed by atoms with Gasteiger partial charge in [0.05, 0.1) is 12.7 Å². The van der Waals surface area contributed by atoms with Crippen LogP contribution in [0.2, 0.25) is 0 Å². The molecule has 0 fully saturated rings. The quantitative estimate of drug-likeness (QED) is 0.691. The maximum absolute atomic E-state index is 11.8. The number of nitrogens with one attached hydrogen (secondary N) is 2. The van der Waals surface area contributed by atoms with Gasteiger partial charge in [0.25, 0.3) is 0 Å². The SMILES string of the molecule is CCOc1cc(C)ccc1CNC(=O)NCCC(O)C(C)C. The molecule has 0 bridgehead atoms. The average Bonchev–Trinajstić information content (AvgIpc) is 2.46. The van der Waals surface area contributed by atoms with Crippen LogP contribution in [0.15, 0.2) is 18.2 Å². The number of amides is 2. The topological polar surface area (TPSA) is 70.6 Å². The Labute approximate surface area is 133 Å². The van der Waals surface area contributed by atoms with Crippen molar-refractivity contribution in [2.24, 2.45) is 5.92 Å². The second-order valence-electron chi connectivity index (χ2n) is 5.75. The van der Waals surface area contributed by atoms with Crippen molar-refractivity contribution in [1.29, 1.82) is 0 Å². The smallest absolute Gasteiger partial charge is 0.315 e. The maximum Gasteiger partial charge on any atom is 0.315 e. The molecule has 3 N–H and O–H groups in total. The molecule has 0 aliphatic heterocycles. The third kappa shape index (κ3) is 6.35. The zero-order valence-corrected chi connectivity index (χ0v) is 14.0. The second kappa shape index (κ2) is 9.30. The van der Waals surface area contributed by atoms with Gasteiger partial charge in [0.2, 0.25) is 0 Å². The van der Waals surface area contributed by atoms with Gasteiger partial charge in [0, 0.05) is 18.7 Å². The largest absolute Gasteiger partial charge is 0.494 e. The number of hydrogen-bond donors (Lipinski definition) is 3. The number of aliphatic hydroxyl groups excluding tert-OH is 1. The van der Waals surface area contributed by atoms with Crippen LogP contribution in [-0.4, -0.2) is 30.4 Å². The van der Waals surface area contributed by atoms with Gasteiger partial charge in [-0.2, -0.15) is 0 Å². The molecule has 1 aromatic carbocycles. The predicted octanol–water partition coefficient (Wildman–Crippen LogP) is 2.60. The van der Waals surface area contributed by atoms with Crippen molar-refractivity contribution in [2.75, 3.05) is 13.2 Å². The molecule has 0 spiro atoms. The van der Waals surface area contributed by atoms with E-state index in [0.29, 0.717) is 26.1 Å². The first-order valence-corrected chi connectivity index (χ1v) is 7.86. The third-order valence-corrected chi connectivity index (χ3v) is 3.46. The highest BCUT2D eigenvalue weighted by atomic mass is 16.5. The van der Waals surface area contributed by atoms with E-state index >= 15 is 0 Å². The van der Waals surface area contributed by atoms with Gasteiger partial charge in [-0.15, -0.1) is 0 Å². The van der Waals surface area contributed by atoms with E-state index in [1.54, 1.807) is 0 Å². The lowest BCUT2D eigenvalue weighted by molar-refractivity contribution is 0.116. The van der Waals surface area contributed by atoms with E-state index in [1.807, 2.05) is 45.9 Å². The van der Waals surface area contributed by atoms with E-state index in [0.717, 1.165) is 16.9 Å². The van der Waals surface area contributed by atoms with Gasteiger partial charge in [-0.05, 0) is 37.8 Å². The molecule has 0 aromatic heterocycles. The van der Waals surface area contributed by atoms with Crippen LogP contribution < -0.4 is 15.4 Å². The van der Waals surface area contributed by atoms with Crippen molar-refractivity contribution < 1.29 is 14.6 Å². The molecule has 0 aliphatic carbocycles. The molecule has 0 radical (unpaired) electrons. The Morgan fingerprint density at radius 2 is 2.05 bits per heavy atom. The molecule has 2 amide bonds. The minimum atomic E-state index is -0.387. The van der Waals surface area contributed by atoms with Crippen LogP contribution in [0, 0.1) is 12.8 Å². The number of benzene rings is 1. The van der Waals surface area contributed by atoms with Gasteiger partial charge >= 0.3 is 6.03 Å². The number of carbonyl (C=O) groups is 1. The molecule has 1 atom stereocenters. The highest BCUT2D eigenvalue weighted by Crippen LogP contribution is 2.20. The van der Waals surface area contributed by atoms with Crippen LogP contribution >= 0.6 is 0 Å². The predicted molar refractivity (Wildman–Crippen MR) is 88.0 cm³/mol. The Morgan fingerprint density at radius 3 is 2.68 bits per heavy atom. The number of carbonyl (C=O) groups excluding carboxylic acids is 1. The van der Waals surface area contributed by atoms with Crippen LogP contribution in [0.3, 0.4) is 0 Å². The zero-order valence-electron chi connectivity index (χ0n) is 14.0. The number of rotatable bonds is 8. The van der Waals surface area contributed by atoms with E-state index in [4.69, 9.17) is 4.74 Å². The number of aliphatic hydroxyl groups is 1. The van der Waals surface area contributed by atoms with Gasteiger partial charge < -0.3 is 20.5 Å². The van der Waals surface area contributed by atoms with Crippen LogP contribution in [0.4, 0.5) is 4.79 Å². The summed E-state index contributed by atoms with van der Waals surface area (Å²) in [5.41, 5.74) is 2.07. The molecule has 5 nitrogen and oxygen atoms in total. The van der Waals surface area contributed by atoms with Crippen molar-refractivity contribution in [3.05, 3.63) is 29.3 Å². The van der Waals surface area contributed by atoms with Gasteiger partial charge in [0.15, 0.2) is 0 Å². The minimum absolute atomic E-state index is 0.200. The van der Waals surface area contributed by atoms with Crippen molar-refractivity contribution >= 4 is 6.03 Å². The molecule has 5 heteroatoms. The lowest BCUT2D eigenvalue weighted by Gasteiger charge is -2.15. The zero-order chi connectivity index (χ0) is 16.5. The Bertz CT molecular complexity index is 475. The van der Waals surface area contributed by atoms with Crippen LogP contribution in [0.25, 0.3) is 0 Å². The van der Waals surface area contributed by atoms with E-state index in [-0.39, 0.29) is 18.1 Å². The van der Waals surface area contributed by atoms with Crippen molar-refractivity contribution in [3.8, 4) is 5.75 Å². The number of ether oxygens (including phenoxy) is 1. The molecule has 1 aromatic rings. The van der Waals surface area contributed by atoms with E-state index < -0.39 is 0 Å². The summed E-state index contributed by atoms with van der Waals surface area (Å²) in [6.07, 6.45) is 0.168. The standard InChI is InChI=1S/C17H28N2O3/c1-5-22-16-10-13(4)6-7-14(16)11-19-17(21)18-9-8-15(20)12(2)3/h6-7,10,12,15,20H,5,8-9,11H2,1-4H3,(H2,18,19,21). The summed E-state index contributed by atoms with van der Waals surface area (Å²) in [7, 11) is 0. The maximum atomic E-state index is 11.8. The van der Waals surface area contributed by atoms with Crippen LogP contribution in [-0.2, 0) is 6.54 Å². The summed E-state index contributed by atoms with van der Waals surface area (Å²) in [4.78, 5) is 11.8. The number of hydrogen-bond acceptors (Lipinski definition) is 3. The fourth-order valence-corrected chi connectivity index (χ4v) is 2.00. The Morgan fingerprint density at radius 1 is 1.32 bits per heavy atom. The Kier molecular flexibility index (Phi) is 7.74. The van der Waals surface area contributed by atoms with Gasteiger partial charge in [0.1, 0.15) is 5.75 Å². The summed E-state index contributed by atoms with van der Waals surface area (Å²) in [5.74, 6) is 1.00. The number of aryl methyl sites for hydroxylation is 1. The number of urea groups is 1. The van der Waals surface area contributed by atoms with Crippen molar-refractivity contribution in [3.63, 3.8) is 0 Å². The molecule has 0 saturated carbocycles. The van der Waals surface area contributed by atoms with Crippen molar-refractivity contribution in [1.82, 2.24) is 10.6 Å². The summed E-state index contributed by atoms with van der Waals surface area (Å²) in [5, 5.41) is 15.2. The lowest BCUT2D eigenvalue weighted by Crippen LogP contribution is -2.37. The van der Waals surface area contributed by atoms with Crippen LogP contribution in [0.1, 0.15) is 38.3 Å². The lowest BCUT2D eigenvalue weighted by atomic mass is 10.0. The van der Waals surface area contributed by atoms with E-state index in [2.05, 4.69) is 10.6 Å². The van der Waals surface area contributed by atoms with Gasteiger partial charge in [-0.3, -0.25) is 0 Å².